The van der Waals surface area contributed by atoms with Crippen molar-refractivity contribution in [3.8, 4) is 0 Å². The third kappa shape index (κ3) is 8.01. The SMILES string of the molecule is CN=C(NCCNc1nccc(C(F)(F)F)n1)N1CCC(OCCCOC)CC1. The van der Waals surface area contributed by atoms with Crippen LogP contribution >= 0.6 is 0 Å². The highest BCUT2D eigenvalue weighted by atomic mass is 19.4. The summed E-state index contributed by atoms with van der Waals surface area (Å²) in [6.45, 7) is 3.90. The molecule has 0 saturated carbocycles. The molecule has 0 aliphatic carbocycles. The van der Waals surface area contributed by atoms with E-state index in [0.717, 1.165) is 50.6 Å². The number of nitrogens with one attached hydrogen (secondary N) is 2. The molecule has 0 aromatic carbocycles. The Morgan fingerprint density at radius 2 is 2.03 bits per heavy atom. The number of hydrogen-bond acceptors (Lipinski definition) is 6. The van der Waals surface area contributed by atoms with Gasteiger partial charge in [0.15, 0.2) is 5.96 Å². The van der Waals surface area contributed by atoms with Crippen LogP contribution in [0, 0.1) is 0 Å². The standard InChI is InChI=1S/C18H29F3N6O2/c1-22-17(27-10-5-14(6-11-27)29-13-3-12-28-2)25-9-8-24-16-23-7-4-15(26-16)18(19,20)21/h4,7,14H,3,5-6,8-13H2,1-2H3,(H,22,25)(H,23,24,26). The summed E-state index contributed by atoms with van der Waals surface area (Å²) in [5.74, 6) is 0.706. The molecule has 2 rings (SSSR count). The van der Waals surface area contributed by atoms with Crippen LogP contribution in [0.15, 0.2) is 17.3 Å². The monoisotopic (exact) mass is 418 g/mol. The molecule has 0 bridgehead atoms. The summed E-state index contributed by atoms with van der Waals surface area (Å²) in [6, 6.07) is 0.843. The Morgan fingerprint density at radius 3 is 2.69 bits per heavy atom. The zero-order chi connectivity index (χ0) is 21.1. The van der Waals surface area contributed by atoms with Crippen LogP contribution < -0.4 is 10.6 Å². The topological polar surface area (TPSA) is 83.9 Å². The van der Waals surface area contributed by atoms with Crippen molar-refractivity contribution in [3.63, 3.8) is 0 Å². The Labute approximate surface area is 168 Å². The second-order valence-electron chi connectivity index (χ2n) is 6.57. The number of aromatic nitrogens is 2. The van der Waals surface area contributed by atoms with Gasteiger partial charge in [0.2, 0.25) is 5.95 Å². The lowest BCUT2D eigenvalue weighted by Gasteiger charge is -2.34. The van der Waals surface area contributed by atoms with Crippen molar-refractivity contribution in [2.24, 2.45) is 4.99 Å². The molecule has 164 valence electrons. The van der Waals surface area contributed by atoms with Gasteiger partial charge in [-0.1, -0.05) is 0 Å². The first-order valence-electron chi connectivity index (χ1n) is 9.64. The summed E-state index contributed by atoms with van der Waals surface area (Å²) in [4.78, 5) is 13.7. The van der Waals surface area contributed by atoms with E-state index in [1.165, 1.54) is 0 Å². The number of nitrogens with zero attached hydrogens (tertiary/aromatic N) is 4. The van der Waals surface area contributed by atoms with E-state index in [1.807, 2.05) is 0 Å². The predicted molar refractivity (Wildman–Crippen MR) is 104 cm³/mol. The third-order valence-corrected chi connectivity index (χ3v) is 4.44. The molecule has 2 N–H and O–H groups in total. The molecule has 11 heteroatoms. The molecule has 1 fully saturated rings. The average molecular weight is 418 g/mol. The number of hydrogen-bond donors (Lipinski definition) is 2. The Kier molecular flexibility index (Phi) is 9.39. The number of methoxy groups -OCH3 is 1. The van der Waals surface area contributed by atoms with Gasteiger partial charge in [-0.25, -0.2) is 9.97 Å². The van der Waals surface area contributed by atoms with Crippen molar-refractivity contribution >= 4 is 11.9 Å². The number of likely N-dealkylation sites (tertiary alicyclic amines) is 1. The first-order valence-corrected chi connectivity index (χ1v) is 9.64. The molecule has 1 aromatic rings. The summed E-state index contributed by atoms with van der Waals surface area (Å²) in [6.07, 6.45) is -0.414. The minimum Gasteiger partial charge on any atom is -0.385 e. The molecule has 1 aromatic heterocycles. The average Bonchev–Trinajstić information content (AvgIpc) is 2.71. The largest absolute Gasteiger partial charge is 0.433 e. The molecule has 1 aliphatic heterocycles. The zero-order valence-corrected chi connectivity index (χ0v) is 16.8. The Hall–Kier alpha value is -2.14. The van der Waals surface area contributed by atoms with Crippen LogP contribution in [0.1, 0.15) is 25.0 Å². The molecule has 8 nitrogen and oxygen atoms in total. The zero-order valence-electron chi connectivity index (χ0n) is 16.8. The maximum Gasteiger partial charge on any atom is 0.433 e. The van der Waals surface area contributed by atoms with Crippen molar-refractivity contribution in [2.45, 2.75) is 31.5 Å². The molecule has 1 saturated heterocycles. The van der Waals surface area contributed by atoms with Crippen molar-refractivity contribution in [1.82, 2.24) is 20.2 Å². The fourth-order valence-corrected chi connectivity index (χ4v) is 2.97. The van der Waals surface area contributed by atoms with E-state index in [4.69, 9.17) is 9.47 Å². The minimum absolute atomic E-state index is 0.0527. The van der Waals surface area contributed by atoms with E-state index in [1.54, 1.807) is 14.2 Å². The molecule has 0 amide bonds. The molecule has 2 heterocycles. The Morgan fingerprint density at radius 1 is 1.28 bits per heavy atom. The maximum atomic E-state index is 12.7. The first kappa shape index (κ1) is 23.1. The van der Waals surface area contributed by atoms with Gasteiger partial charge in [0.1, 0.15) is 5.69 Å². The summed E-state index contributed by atoms with van der Waals surface area (Å²) < 4.78 is 48.9. The van der Waals surface area contributed by atoms with Gasteiger partial charge in [0, 0.05) is 59.7 Å². The van der Waals surface area contributed by atoms with Crippen molar-refractivity contribution in [3.05, 3.63) is 18.0 Å². The first-order chi connectivity index (χ1) is 13.9. The van der Waals surface area contributed by atoms with Gasteiger partial charge in [0.05, 0.1) is 6.10 Å². The molecule has 0 unspecified atom stereocenters. The fourth-order valence-electron chi connectivity index (χ4n) is 2.97. The molecule has 1 aliphatic rings. The number of ether oxygens (including phenoxy) is 2. The van der Waals surface area contributed by atoms with Crippen molar-refractivity contribution in [2.75, 3.05) is 58.9 Å². The molecule has 29 heavy (non-hydrogen) atoms. The lowest BCUT2D eigenvalue weighted by atomic mass is 10.1. The van der Waals surface area contributed by atoms with Crippen molar-refractivity contribution in [1.29, 1.82) is 0 Å². The lowest BCUT2D eigenvalue weighted by molar-refractivity contribution is -0.141. The van der Waals surface area contributed by atoms with E-state index in [2.05, 4.69) is 30.5 Å². The van der Waals surface area contributed by atoms with E-state index < -0.39 is 11.9 Å². The van der Waals surface area contributed by atoms with Crippen LogP contribution in [0.4, 0.5) is 19.1 Å². The normalized spacial score (nSPS) is 16.2. The van der Waals surface area contributed by atoms with Crippen LogP contribution in [0.2, 0.25) is 0 Å². The van der Waals surface area contributed by atoms with Crippen LogP contribution in [-0.4, -0.2) is 80.5 Å². The van der Waals surface area contributed by atoms with Gasteiger partial charge >= 0.3 is 6.18 Å². The third-order valence-electron chi connectivity index (χ3n) is 4.44. The van der Waals surface area contributed by atoms with Crippen LogP contribution in [0.25, 0.3) is 0 Å². The van der Waals surface area contributed by atoms with E-state index >= 15 is 0 Å². The minimum atomic E-state index is -4.49. The highest BCUT2D eigenvalue weighted by Gasteiger charge is 2.32. The molecular formula is C18H29F3N6O2. The summed E-state index contributed by atoms with van der Waals surface area (Å²) in [5.41, 5.74) is -0.967. The molecule has 0 atom stereocenters. The number of alkyl halides is 3. The smallest absolute Gasteiger partial charge is 0.385 e. The number of guanidine groups is 1. The van der Waals surface area contributed by atoms with Crippen LogP contribution in [0.5, 0.6) is 0 Å². The summed E-state index contributed by atoms with van der Waals surface area (Å²) >= 11 is 0. The van der Waals surface area contributed by atoms with Gasteiger partial charge in [-0.2, -0.15) is 13.2 Å². The number of anilines is 1. The Balaban J connectivity index is 1.68. The van der Waals surface area contributed by atoms with Gasteiger partial charge in [0.25, 0.3) is 0 Å². The van der Waals surface area contributed by atoms with E-state index in [0.29, 0.717) is 26.3 Å². The predicted octanol–water partition coefficient (Wildman–Crippen LogP) is 2.00. The Bertz CT molecular complexity index is 636. The molecule has 0 spiro atoms. The highest BCUT2D eigenvalue weighted by Crippen LogP contribution is 2.27. The van der Waals surface area contributed by atoms with Crippen molar-refractivity contribution < 1.29 is 22.6 Å². The summed E-state index contributed by atoms with van der Waals surface area (Å²) in [7, 11) is 3.39. The van der Waals surface area contributed by atoms with Gasteiger partial charge in [-0.05, 0) is 25.3 Å². The highest BCUT2D eigenvalue weighted by molar-refractivity contribution is 5.80. The number of piperidine rings is 1. The van der Waals surface area contributed by atoms with Crippen LogP contribution in [-0.2, 0) is 15.7 Å². The van der Waals surface area contributed by atoms with Crippen LogP contribution in [0.3, 0.4) is 0 Å². The van der Waals surface area contributed by atoms with Gasteiger partial charge in [-0.3, -0.25) is 4.99 Å². The lowest BCUT2D eigenvalue weighted by Crippen LogP contribution is -2.48. The summed E-state index contributed by atoms with van der Waals surface area (Å²) in [5, 5.41) is 6.00. The molecule has 0 radical (unpaired) electrons. The number of halogens is 3. The van der Waals surface area contributed by atoms with Gasteiger partial charge in [-0.15, -0.1) is 0 Å². The second kappa shape index (κ2) is 11.8. The maximum absolute atomic E-state index is 12.7. The quantitative estimate of drug-likeness (QED) is 0.361. The van der Waals surface area contributed by atoms with Gasteiger partial charge < -0.3 is 25.0 Å². The number of aliphatic imine (C=N–C) groups is 1. The number of rotatable bonds is 9. The fraction of sp³-hybridized carbons (Fsp3) is 0.722. The second-order valence-corrected chi connectivity index (χ2v) is 6.57. The van der Waals surface area contributed by atoms with E-state index in [-0.39, 0.29) is 12.1 Å². The molecular weight excluding hydrogens is 389 g/mol. The van der Waals surface area contributed by atoms with E-state index in [9.17, 15) is 13.2 Å².